The van der Waals surface area contributed by atoms with E-state index in [0.29, 0.717) is 25.7 Å². The lowest BCUT2D eigenvalue weighted by atomic mass is 10.1. The zero-order chi connectivity index (χ0) is 20.2. The van der Waals surface area contributed by atoms with E-state index in [2.05, 4.69) is 52.0 Å². The van der Waals surface area contributed by atoms with Crippen LogP contribution in [0.4, 0.5) is 0 Å². The molecular weight excluding hydrogens is 352 g/mol. The fraction of sp³-hybridized carbons (Fsp3) is 0.364. The number of likely N-dealkylation sites (N-methyl/N-ethyl adjacent to an activating group) is 1. The second kappa shape index (κ2) is 11.8. The first kappa shape index (κ1) is 21.4. The number of aliphatic imine (C=N–C) groups is 1. The molecule has 28 heavy (non-hydrogen) atoms. The summed E-state index contributed by atoms with van der Waals surface area (Å²) in [7, 11) is 3.47. The molecule has 0 fully saturated rings. The Labute approximate surface area is 167 Å². The average Bonchev–Trinajstić information content (AvgIpc) is 2.71. The van der Waals surface area contributed by atoms with Crippen LogP contribution < -0.4 is 10.6 Å². The quantitative estimate of drug-likeness (QED) is 0.517. The molecule has 0 bridgehead atoms. The van der Waals surface area contributed by atoms with Crippen molar-refractivity contribution in [3.63, 3.8) is 0 Å². The van der Waals surface area contributed by atoms with Gasteiger partial charge in [0.1, 0.15) is 0 Å². The molecule has 0 spiro atoms. The van der Waals surface area contributed by atoms with Crippen LogP contribution in [0.25, 0.3) is 0 Å². The highest BCUT2D eigenvalue weighted by atomic mass is 16.5. The lowest BCUT2D eigenvalue weighted by Crippen LogP contribution is -2.42. The number of benzene rings is 2. The van der Waals surface area contributed by atoms with Crippen molar-refractivity contribution in [1.82, 2.24) is 15.5 Å². The maximum Gasteiger partial charge on any atom is 0.241 e. The second-order valence-electron chi connectivity index (χ2n) is 6.63. The first-order valence-corrected chi connectivity index (χ1v) is 9.50. The maximum atomic E-state index is 11.7. The van der Waals surface area contributed by atoms with Crippen LogP contribution in [0.2, 0.25) is 0 Å². The molecular formula is C22H30N4O2. The summed E-state index contributed by atoms with van der Waals surface area (Å²) >= 11 is 0. The Morgan fingerprint density at radius 1 is 0.929 bits per heavy atom. The molecule has 0 unspecified atom stereocenters. The molecule has 2 rings (SSSR count). The number of carbonyl (C=O) groups excluding carboxylic acids is 1. The summed E-state index contributed by atoms with van der Waals surface area (Å²) in [5.74, 6) is 0.637. The van der Waals surface area contributed by atoms with Crippen molar-refractivity contribution in [1.29, 1.82) is 0 Å². The van der Waals surface area contributed by atoms with Crippen molar-refractivity contribution in [3.05, 3.63) is 71.3 Å². The van der Waals surface area contributed by atoms with E-state index in [4.69, 9.17) is 4.74 Å². The number of hydrogen-bond acceptors (Lipinski definition) is 3. The van der Waals surface area contributed by atoms with Gasteiger partial charge in [-0.05, 0) is 23.6 Å². The summed E-state index contributed by atoms with van der Waals surface area (Å²) < 4.78 is 5.77. The summed E-state index contributed by atoms with van der Waals surface area (Å²) in [6, 6.07) is 18.4. The fourth-order valence-corrected chi connectivity index (χ4v) is 2.43. The topological polar surface area (TPSA) is 66.0 Å². The van der Waals surface area contributed by atoms with Gasteiger partial charge in [-0.1, -0.05) is 54.6 Å². The van der Waals surface area contributed by atoms with Crippen LogP contribution in [-0.4, -0.2) is 44.0 Å². The van der Waals surface area contributed by atoms with Crippen molar-refractivity contribution in [2.45, 2.75) is 26.7 Å². The lowest BCUT2D eigenvalue weighted by molar-refractivity contribution is -0.127. The third-order valence-corrected chi connectivity index (χ3v) is 4.07. The van der Waals surface area contributed by atoms with Crippen molar-refractivity contribution in [2.75, 3.05) is 27.2 Å². The number of nitrogens with one attached hydrogen (secondary N) is 2. The molecule has 0 heterocycles. The maximum absolute atomic E-state index is 11.7. The van der Waals surface area contributed by atoms with Crippen LogP contribution in [-0.2, 0) is 29.3 Å². The van der Waals surface area contributed by atoms with Gasteiger partial charge in [-0.25, -0.2) is 4.99 Å². The summed E-state index contributed by atoms with van der Waals surface area (Å²) in [5, 5.41) is 6.20. The molecule has 0 aliphatic carbocycles. The van der Waals surface area contributed by atoms with Crippen LogP contribution in [0, 0.1) is 0 Å². The van der Waals surface area contributed by atoms with Gasteiger partial charge in [0.05, 0.1) is 26.3 Å². The zero-order valence-corrected chi connectivity index (χ0v) is 16.9. The van der Waals surface area contributed by atoms with Crippen LogP contribution in [0.1, 0.15) is 23.6 Å². The molecule has 0 atom stereocenters. The second-order valence-corrected chi connectivity index (χ2v) is 6.63. The van der Waals surface area contributed by atoms with E-state index in [1.807, 2.05) is 25.1 Å². The number of guanidine groups is 1. The number of rotatable bonds is 9. The molecule has 0 aliphatic heterocycles. The zero-order valence-electron chi connectivity index (χ0n) is 16.9. The largest absolute Gasteiger partial charge is 0.372 e. The molecule has 0 aromatic heterocycles. The van der Waals surface area contributed by atoms with Gasteiger partial charge in [0.15, 0.2) is 5.96 Å². The van der Waals surface area contributed by atoms with Gasteiger partial charge in [0.25, 0.3) is 0 Å². The van der Waals surface area contributed by atoms with Gasteiger partial charge in [-0.15, -0.1) is 0 Å². The van der Waals surface area contributed by atoms with E-state index in [0.717, 1.165) is 17.7 Å². The number of amides is 1. The van der Waals surface area contributed by atoms with E-state index in [9.17, 15) is 4.79 Å². The van der Waals surface area contributed by atoms with Crippen LogP contribution in [0.15, 0.2) is 59.6 Å². The molecule has 2 N–H and O–H groups in total. The molecule has 1 amide bonds. The van der Waals surface area contributed by atoms with Gasteiger partial charge >= 0.3 is 0 Å². The van der Waals surface area contributed by atoms with Gasteiger partial charge in [-0.2, -0.15) is 0 Å². The predicted molar refractivity (Wildman–Crippen MR) is 113 cm³/mol. The number of carbonyl (C=O) groups is 1. The number of nitrogens with zero attached hydrogens (tertiary/aromatic N) is 2. The Bertz CT molecular complexity index is 743. The summed E-state index contributed by atoms with van der Waals surface area (Å²) in [5.41, 5.74) is 3.40. The predicted octanol–water partition coefficient (Wildman–Crippen LogP) is 2.55. The molecule has 0 radical (unpaired) electrons. The lowest BCUT2D eigenvalue weighted by Gasteiger charge is -2.14. The monoisotopic (exact) mass is 382 g/mol. The summed E-state index contributed by atoms with van der Waals surface area (Å²) in [4.78, 5) is 17.8. The van der Waals surface area contributed by atoms with Gasteiger partial charge in [0, 0.05) is 20.6 Å². The summed E-state index contributed by atoms with van der Waals surface area (Å²) in [6.45, 7) is 4.67. The van der Waals surface area contributed by atoms with Crippen molar-refractivity contribution < 1.29 is 9.53 Å². The van der Waals surface area contributed by atoms with E-state index in [-0.39, 0.29) is 12.5 Å². The van der Waals surface area contributed by atoms with Gasteiger partial charge in [-0.3, -0.25) is 4.79 Å². The normalized spacial score (nSPS) is 11.2. The van der Waals surface area contributed by atoms with Crippen molar-refractivity contribution in [3.8, 4) is 0 Å². The molecule has 0 saturated carbocycles. The smallest absolute Gasteiger partial charge is 0.241 e. The Morgan fingerprint density at radius 3 is 2.14 bits per heavy atom. The van der Waals surface area contributed by atoms with Gasteiger partial charge in [0.2, 0.25) is 5.91 Å². The van der Waals surface area contributed by atoms with Crippen molar-refractivity contribution in [2.24, 2.45) is 4.99 Å². The van der Waals surface area contributed by atoms with Gasteiger partial charge < -0.3 is 20.3 Å². The minimum absolute atomic E-state index is 0.00505. The van der Waals surface area contributed by atoms with Crippen LogP contribution >= 0.6 is 0 Å². The molecule has 2 aromatic carbocycles. The number of hydrogen-bond donors (Lipinski definition) is 2. The van der Waals surface area contributed by atoms with Crippen molar-refractivity contribution >= 4 is 11.9 Å². The molecule has 6 nitrogen and oxygen atoms in total. The first-order valence-electron chi connectivity index (χ1n) is 9.50. The minimum atomic E-state index is 0.00505. The Morgan fingerprint density at radius 2 is 1.54 bits per heavy atom. The first-order chi connectivity index (χ1) is 13.6. The standard InChI is InChI=1S/C22H30N4O2/c1-4-23-22(25-15-21(27)26(2)3)24-14-18-10-12-20(13-11-18)17-28-16-19-8-6-5-7-9-19/h5-13H,4,14-17H2,1-3H3,(H2,23,24,25). The summed E-state index contributed by atoms with van der Waals surface area (Å²) in [6.07, 6.45) is 0. The molecule has 6 heteroatoms. The third kappa shape index (κ3) is 7.80. The highest BCUT2D eigenvalue weighted by molar-refractivity contribution is 5.86. The molecule has 2 aromatic rings. The highest BCUT2D eigenvalue weighted by Crippen LogP contribution is 2.09. The third-order valence-electron chi connectivity index (χ3n) is 4.07. The molecule has 0 aliphatic rings. The van der Waals surface area contributed by atoms with E-state index in [1.54, 1.807) is 19.0 Å². The number of ether oxygens (including phenoxy) is 1. The van der Waals surface area contributed by atoms with E-state index < -0.39 is 0 Å². The SMILES string of the molecule is CCNC(=NCc1ccc(COCc2ccccc2)cc1)NCC(=O)N(C)C. The Balaban J connectivity index is 1.82. The minimum Gasteiger partial charge on any atom is -0.372 e. The van der Waals surface area contributed by atoms with Crippen LogP contribution in [0.3, 0.4) is 0 Å². The fourth-order valence-electron chi connectivity index (χ4n) is 2.43. The Kier molecular flexibility index (Phi) is 9.01. The van der Waals surface area contributed by atoms with Crippen LogP contribution in [0.5, 0.6) is 0 Å². The van der Waals surface area contributed by atoms with E-state index >= 15 is 0 Å². The molecule has 0 saturated heterocycles. The Hall–Kier alpha value is -2.86. The highest BCUT2D eigenvalue weighted by Gasteiger charge is 2.05. The van der Waals surface area contributed by atoms with E-state index in [1.165, 1.54) is 5.56 Å². The average molecular weight is 383 g/mol. The molecule has 150 valence electrons.